The van der Waals surface area contributed by atoms with E-state index in [2.05, 4.69) is 16.5 Å². The van der Waals surface area contributed by atoms with Gasteiger partial charge in [0.05, 0.1) is 6.61 Å². The third-order valence-electron chi connectivity index (χ3n) is 1.90. The number of carbonyl (C=O) groups excluding carboxylic acids is 1. The summed E-state index contributed by atoms with van der Waals surface area (Å²) in [6, 6.07) is 1.91. The zero-order valence-corrected chi connectivity index (χ0v) is 11.1. The summed E-state index contributed by atoms with van der Waals surface area (Å²) in [5.41, 5.74) is 2.27. The molecule has 92 valence electrons. The van der Waals surface area contributed by atoms with Gasteiger partial charge in [-0.15, -0.1) is 0 Å². The molecule has 0 saturated heterocycles. The molecule has 0 aliphatic rings. The van der Waals surface area contributed by atoms with E-state index >= 15 is 0 Å². The van der Waals surface area contributed by atoms with Gasteiger partial charge in [-0.3, -0.25) is 0 Å². The maximum Gasteiger partial charge on any atom is 0.334 e. The summed E-state index contributed by atoms with van der Waals surface area (Å²) in [6.45, 7) is 9.65. The molecule has 0 unspecified atom stereocenters. The minimum absolute atomic E-state index is 0.357. The molecule has 17 heavy (non-hydrogen) atoms. The Morgan fingerprint density at radius 1 is 1.41 bits per heavy atom. The molecule has 0 fully saturated rings. The number of hydrogen-bond donors (Lipinski definition) is 0. The van der Waals surface area contributed by atoms with Gasteiger partial charge in [0.25, 0.3) is 0 Å². The minimum Gasteiger partial charge on any atom is -0.463 e. The first-order valence-electron chi connectivity index (χ1n) is 5.33. The maximum atomic E-state index is 11.3. The zero-order valence-electron chi connectivity index (χ0n) is 10.3. The lowest BCUT2D eigenvalue weighted by atomic mass is 10.4. The normalized spacial score (nSPS) is 10.1. The number of rotatable bonds is 5. The molecule has 1 aromatic rings. The third kappa shape index (κ3) is 4.56. The van der Waals surface area contributed by atoms with Gasteiger partial charge in [0.1, 0.15) is 0 Å². The number of aryl methyl sites for hydroxylation is 2. The number of carbonyl (C=O) groups is 1. The standard InChI is InChI=1S/C12H16N2O2S/c1-5-16-11(15)8(2)7-17-12-13-9(3)6-10(4)14-12/h6H,2,5,7H2,1,3-4H3. The van der Waals surface area contributed by atoms with Crippen molar-refractivity contribution < 1.29 is 9.53 Å². The fourth-order valence-electron chi connectivity index (χ4n) is 1.20. The molecule has 1 heterocycles. The van der Waals surface area contributed by atoms with E-state index in [0.29, 0.717) is 23.1 Å². The summed E-state index contributed by atoms with van der Waals surface area (Å²) in [7, 11) is 0. The van der Waals surface area contributed by atoms with Crippen LogP contribution < -0.4 is 0 Å². The van der Waals surface area contributed by atoms with Crippen LogP contribution in [0.4, 0.5) is 0 Å². The molecule has 0 aliphatic heterocycles. The van der Waals surface area contributed by atoms with E-state index in [1.807, 2.05) is 19.9 Å². The molecule has 1 aromatic heterocycles. The van der Waals surface area contributed by atoms with Gasteiger partial charge in [-0.2, -0.15) is 0 Å². The maximum absolute atomic E-state index is 11.3. The highest BCUT2D eigenvalue weighted by molar-refractivity contribution is 7.99. The quantitative estimate of drug-likeness (QED) is 0.348. The van der Waals surface area contributed by atoms with Gasteiger partial charge in [-0.05, 0) is 26.8 Å². The molecule has 1 rings (SSSR count). The van der Waals surface area contributed by atoms with Crippen molar-refractivity contribution in [2.45, 2.75) is 25.9 Å². The van der Waals surface area contributed by atoms with Gasteiger partial charge >= 0.3 is 5.97 Å². The lowest BCUT2D eigenvalue weighted by Crippen LogP contribution is -2.08. The highest BCUT2D eigenvalue weighted by Crippen LogP contribution is 2.17. The van der Waals surface area contributed by atoms with Crippen LogP contribution in [0.1, 0.15) is 18.3 Å². The van der Waals surface area contributed by atoms with Crippen molar-refractivity contribution in [2.24, 2.45) is 0 Å². The monoisotopic (exact) mass is 252 g/mol. The van der Waals surface area contributed by atoms with Crippen LogP contribution in [0.5, 0.6) is 0 Å². The van der Waals surface area contributed by atoms with E-state index in [0.717, 1.165) is 11.4 Å². The smallest absolute Gasteiger partial charge is 0.334 e. The van der Waals surface area contributed by atoms with Gasteiger partial charge in [0.15, 0.2) is 5.16 Å². The molecule has 0 aliphatic carbocycles. The number of nitrogens with zero attached hydrogens (tertiary/aromatic N) is 2. The van der Waals surface area contributed by atoms with Crippen molar-refractivity contribution in [1.82, 2.24) is 9.97 Å². The van der Waals surface area contributed by atoms with E-state index in [-0.39, 0.29) is 5.97 Å². The van der Waals surface area contributed by atoms with Gasteiger partial charge < -0.3 is 4.74 Å². The van der Waals surface area contributed by atoms with Crippen LogP contribution in [0.3, 0.4) is 0 Å². The van der Waals surface area contributed by atoms with Crippen LogP contribution in [-0.2, 0) is 9.53 Å². The molecule has 4 nitrogen and oxygen atoms in total. The molecule has 0 radical (unpaired) electrons. The van der Waals surface area contributed by atoms with Gasteiger partial charge in [-0.1, -0.05) is 18.3 Å². The topological polar surface area (TPSA) is 52.1 Å². The van der Waals surface area contributed by atoms with E-state index < -0.39 is 0 Å². The van der Waals surface area contributed by atoms with E-state index in [4.69, 9.17) is 4.74 Å². The van der Waals surface area contributed by atoms with Crippen molar-refractivity contribution in [3.05, 3.63) is 29.6 Å². The first-order chi connectivity index (χ1) is 8.02. The average Bonchev–Trinajstić information content (AvgIpc) is 2.25. The SMILES string of the molecule is C=C(CSc1nc(C)cc(C)n1)C(=O)OCC. The molecule has 0 atom stereocenters. The largest absolute Gasteiger partial charge is 0.463 e. The van der Waals surface area contributed by atoms with Crippen molar-refractivity contribution >= 4 is 17.7 Å². The van der Waals surface area contributed by atoms with Gasteiger partial charge in [0.2, 0.25) is 0 Å². The fraction of sp³-hybridized carbons (Fsp3) is 0.417. The Balaban J connectivity index is 2.55. The predicted octanol–water partition coefficient (Wildman–Crippen LogP) is 2.30. The summed E-state index contributed by atoms with van der Waals surface area (Å²) in [6.07, 6.45) is 0. The molecule has 0 bridgehead atoms. The van der Waals surface area contributed by atoms with Crippen LogP contribution in [0.2, 0.25) is 0 Å². The fourth-order valence-corrected chi connectivity index (χ4v) is 2.04. The van der Waals surface area contributed by atoms with Crippen LogP contribution >= 0.6 is 11.8 Å². The van der Waals surface area contributed by atoms with Crippen LogP contribution in [0, 0.1) is 13.8 Å². The van der Waals surface area contributed by atoms with Gasteiger partial charge in [0, 0.05) is 22.7 Å². The molecule has 0 spiro atoms. The second-order valence-electron chi connectivity index (χ2n) is 3.55. The summed E-state index contributed by atoms with van der Waals surface area (Å²) in [5, 5.41) is 0.660. The Bertz CT molecular complexity index is 412. The van der Waals surface area contributed by atoms with Crippen LogP contribution in [0.25, 0.3) is 0 Å². The molecule has 0 saturated carbocycles. The van der Waals surface area contributed by atoms with Crippen molar-refractivity contribution in [3.63, 3.8) is 0 Å². The summed E-state index contributed by atoms with van der Waals surface area (Å²) >= 11 is 1.39. The molecule has 0 N–H and O–H groups in total. The van der Waals surface area contributed by atoms with E-state index in [1.54, 1.807) is 6.92 Å². The molecule has 5 heteroatoms. The second-order valence-corrected chi connectivity index (χ2v) is 4.49. The second kappa shape index (κ2) is 6.39. The van der Waals surface area contributed by atoms with Crippen LogP contribution in [0.15, 0.2) is 23.4 Å². The average molecular weight is 252 g/mol. The number of esters is 1. The number of hydrogen-bond acceptors (Lipinski definition) is 5. The molecular weight excluding hydrogens is 236 g/mol. The summed E-state index contributed by atoms with van der Waals surface area (Å²) in [5.74, 6) is 0.0891. The number of aromatic nitrogens is 2. The van der Waals surface area contributed by atoms with E-state index in [1.165, 1.54) is 11.8 Å². The van der Waals surface area contributed by atoms with Crippen LogP contribution in [-0.4, -0.2) is 28.3 Å². The summed E-state index contributed by atoms with van der Waals surface area (Å²) < 4.78 is 4.85. The summed E-state index contributed by atoms with van der Waals surface area (Å²) in [4.78, 5) is 19.9. The Labute approximate surface area is 105 Å². The predicted molar refractivity (Wildman–Crippen MR) is 68.0 cm³/mol. The van der Waals surface area contributed by atoms with Crippen molar-refractivity contribution in [1.29, 1.82) is 0 Å². The molecule has 0 amide bonds. The Hall–Kier alpha value is -1.36. The highest BCUT2D eigenvalue weighted by atomic mass is 32.2. The Kier molecular flexibility index (Phi) is 5.15. The van der Waals surface area contributed by atoms with Crippen molar-refractivity contribution in [2.75, 3.05) is 12.4 Å². The first-order valence-corrected chi connectivity index (χ1v) is 6.31. The first kappa shape index (κ1) is 13.7. The Morgan fingerprint density at radius 2 is 2.00 bits per heavy atom. The van der Waals surface area contributed by atoms with E-state index in [9.17, 15) is 4.79 Å². The number of thioether (sulfide) groups is 1. The molecular formula is C12H16N2O2S. The Morgan fingerprint density at radius 3 is 2.53 bits per heavy atom. The zero-order chi connectivity index (χ0) is 12.8. The minimum atomic E-state index is -0.357. The number of ether oxygens (including phenoxy) is 1. The third-order valence-corrected chi connectivity index (χ3v) is 2.83. The lowest BCUT2D eigenvalue weighted by molar-refractivity contribution is -0.138. The lowest BCUT2D eigenvalue weighted by Gasteiger charge is -2.05. The van der Waals surface area contributed by atoms with Gasteiger partial charge in [-0.25, -0.2) is 14.8 Å². The molecule has 0 aromatic carbocycles. The highest BCUT2D eigenvalue weighted by Gasteiger charge is 2.09. The van der Waals surface area contributed by atoms with Crippen molar-refractivity contribution in [3.8, 4) is 0 Å².